The fourth-order valence-electron chi connectivity index (χ4n) is 5.39. The van der Waals surface area contributed by atoms with Gasteiger partial charge in [-0.1, -0.05) is 11.6 Å². The van der Waals surface area contributed by atoms with E-state index in [-0.39, 0.29) is 0 Å². The molecule has 25 heteroatoms. The Kier molecular flexibility index (Phi) is 11.3. The van der Waals surface area contributed by atoms with E-state index in [1.807, 2.05) is 14.2 Å². The summed E-state index contributed by atoms with van der Waals surface area (Å²) in [4.78, 5) is 67.0. The molecule has 0 atom stereocenters. The van der Waals surface area contributed by atoms with Crippen LogP contribution in [-0.4, -0.2) is 91.7 Å². The Morgan fingerprint density at radius 2 is 0.712 bits per heavy atom. The molecule has 0 aromatic heterocycles. The number of anilines is 3. The molecule has 0 aliphatic rings. The number of fused-ring (bicyclic) bond motifs is 1. The number of carboxylic acid groups (broad SMARTS) is 6. The van der Waals surface area contributed by atoms with Gasteiger partial charge >= 0.3 is 35.8 Å². The van der Waals surface area contributed by atoms with Crippen LogP contribution in [0.1, 0.15) is 62.1 Å². The zero-order valence-electron chi connectivity index (χ0n) is 28.7. The Bertz CT molecular complexity index is 2960. The molecule has 59 heavy (non-hydrogen) atoms. The maximum Gasteiger partial charge on any atom is 0.335 e. The highest BCUT2D eigenvalue weighted by Gasteiger charge is 2.30. The third-order valence-corrected chi connectivity index (χ3v) is 12.4. The monoisotopic (exact) mass is 891 g/mol. The lowest BCUT2D eigenvalue weighted by molar-refractivity contribution is 0.0676. The van der Waals surface area contributed by atoms with Crippen LogP contribution in [-0.2, 0) is 30.1 Å². The smallest absolute Gasteiger partial charge is 0.335 e. The van der Waals surface area contributed by atoms with E-state index in [0.717, 1.165) is 24.3 Å². The molecule has 0 aliphatic heterocycles. The number of carboxylic acids is 6. The number of nitrogens with one attached hydrogen (secondary N) is 3. The highest BCUT2D eigenvalue weighted by Crippen LogP contribution is 2.38. The molecular weight excluding hydrogens is 870 g/mol. The quantitative estimate of drug-likeness (QED) is 0.0714. The summed E-state index contributed by atoms with van der Waals surface area (Å²) in [6.45, 7) is 0. The van der Waals surface area contributed by atoms with Crippen molar-refractivity contribution in [3.05, 3.63) is 117 Å². The molecule has 0 aliphatic carbocycles. The molecule has 0 radical (unpaired) electrons. The lowest BCUT2D eigenvalue weighted by atomic mass is 10.1. The van der Waals surface area contributed by atoms with Crippen molar-refractivity contribution in [3.8, 4) is 0 Å². The van der Waals surface area contributed by atoms with Crippen LogP contribution >= 0.6 is 11.6 Å². The van der Waals surface area contributed by atoms with Crippen LogP contribution in [0.3, 0.4) is 0 Å². The molecule has 5 rings (SSSR count). The van der Waals surface area contributed by atoms with Crippen LogP contribution in [0.5, 0.6) is 0 Å². The zero-order chi connectivity index (χ0) is 43.9. The number of carbonyl (C=O) groups is 6. The predicted octanol–water partition coefficient (Wildman–Crippen LogP) is 4.08. The van der Waals surface area contributed by atoms with Crippen LogP contribution in [0.25, 0.3) is 10.8 Å². The van der Waals surface area contributed by atoms with Crippen molar-refractivity contribution in [1.82, 2.24) is 0 Å². The minimum Gasteiger partial charge on any atom is -0.478 e. The predicted molar refractivity (Wildman–Crippen MR) is 202 cm³/mol. The molecule has 0 unspecified atom stereocenters. The highest BCUT2D eigenvalue weighted by atomic mass is 35.5. The molecule has 0 saturated heterocycles. The van der Waals surface area contributed by atoms with E-state index in [0.29, 0.717) is 54.6 Å². The molecule has 9 N–H and O–H groups in total. The van der Waals surface area contributed by atoms with E-state index in [2.05, 4.69) is 0 Å². The number of hydrogen-bond donors (Lipinski definition) is 9. The molecular formula is C34H22ClN3O18S3. The Morgan fingerprint density at radius 3 is 1.03 bits per heavy atom. The van der Waals surface area contributed by atoms with Gasteiger partial charge in [0.1, 0.15) is 0 Å². The Balaban J connectivity index is 1.81. The van der Waals surface area contributed by atoms with Crippen LogP contribution in [0.2, 0.25) is 5.02 Å². The zero-order valence-corrected chi connectivity index (χ0v) is 31.9. The lowest BCUT2D eigenvalue weighted by Gasteiger charge is -2.18. The molecule has 0 fully saturated rings. The molecule has 0 amide bonds. The van der Waals surface area contributed by atoms with E-state index in [1.54, 1.807) is 0 Å². The van der Waals surface area contributed by atoms with Crippen molar-refractivity contribution >= 4 is 105 Å². The molecule has 0 spiro atoms. The molecule has 0 saturated carbocycles. The maximum atomic E-state index is 14.2. The molecule has 21 nitrogen and oxygen atoms in total. The SMILES string of the molecule is O=C(O)c1cc(NS(=O)(=O)c2cc(S(=O)(=O)Nc3cc(C(=O)O)cc(C(=O)O)c3)c3c(Cl)ccc(S(=O)(=O)Nc4cc(C(=O)O)cc(C(=O)O)c4)c3c2)cc(C(=O)O)c1. The molecule has 306 valence electrons. The van der Waals surface area contributed by atoms with Gasteiger partial charge in [-0.15, -0.1) is 0 Å². The minimum absolute atomic E-state index is 0.441. The number of aromatic carboxylic acids is 6. The second kappa shape index (κ2) is 15.6. The maximum absolute atomic E-state index is 14.2. The van der Waals surface area contributed by atoms with Crippen LogP contribution in [0, 0.1) is 0 Å². The summed E-state index contributed by atoms with van der Waals surface area (Å²) in [5, 5.41) is 54.8. The van der Waals surface area contributed by atoms with E-state index in [1.165, 1.54) is 0 Å². The van der Waals surface area contributed by atoms with Crippen molar-refractivity contribution in [1.29, 1.82) is 0 Å². The number of rotatable bonds is 15. The van der Waals surface area contributed by atoms with Crippen molar-refractivity contribution < 1.29 is 84.7 Å². The van der Waals surface area contributed by atoms with Gasteiger partial charge in [-0.3, -0.25) is 14.2 Å². The van der Waals surface area contributed by atoms with E-state index < -0.39 is 147 Å². The summed E-state index contributed by atoms with van der Waals surface area (Å²) in [6.07, 6.45) is 0. The van der Waals surface area contributed by atoms with E-state index >= 15 is 0 Å². The minimum atomic E-state index is -5.30. The first-order chi connectivity index (χ1) is 27.3. The van der Waals surface area contributed by atoms with Crippen molar-refractivity contribution in [3.63, 3.8) is 0 Å². The van der Waals surface area contributed by atoms with Crippen LogP contribution < -0.4 is 14.2 Å². The second-order valence-electron chi connectivity index (χ2n) is 11.9. The topological polar surface area (TPSA) is 362 Å². The van der Waals surface area contributed by atoms with Crippen molar-refractivity contribution in [2.75, 3.05) is 14.2 Å². The summed E-state index contributed by atoms with van der Waals surface area (Å²) in [5.41, 5.74) is -6.21. The number of hydrogen-bond acceptors (Lipinski definition) is 12. The van der Waals surface area contributed by atoms with Gasteiger partial charge in [0.15, 0.2) is 0 Å². The summed E-state index contributed by atoms with van der Waals surface area (Å²) in [5.74, 6) is -10.1. The molecule has 0 heterocycles. The molecule has 5 aromatic rings. The van der Waals surface area contributed by atoms with Gasteiger partial charge in [-0.05, 0) is 78.9 Å². The van der Waals surface area contributed by atoms with Gasteiger partial charge in [-0.25, -0.2) is 54.0 Å². The largest absolute Gasteiger partial charge is 0.478 e. The fourth-order valence-corrected chi connectivity index (χ4v) is 9.42. The highest BCUT2D eigenvalue weighted by molar-refractivity contribution is 7.94. The van der Waals surface area contributed by atoms with Gasteiger partial charge < -0.3 is 30.6 Å². The van der Waals surface area contributed by atoms with Crippen LogP contribution in [0.15, 0.2) is 93.5 Å². The third-order valence-electron chi connectivity index (χ3n) is 7.89. The first-order valence-corrected chi connectivity index (χ1v) is 20.3. The Labute approximate surface area is 334 Å². The summed E-state index contributed by atoms with van der Waals surface area (Å²) >= 11 is 6.42. The van der Waals surface area contributed by atoms with Crippen molar-refractivity contribution in [2.24, 2.45) is 0 Å². The van der Waals surface area contributed by atoms with Gasteiger partial charge in [-0.2, -0.15) is 0 Å². The molecule has 0 bridgehead atoms. The summed E-state index contributed by atoms with van der Waals surface area (Å²) in [7, 11) is -15.7. The first-order valence-electron chi connectivity index (χ1n) is 15.5. The van der Waals surface area contributed by atoms with Gasteiger partial charge in [0.05, 0.1) is 65.1 Å². The third kappa shape index (κ3) is 9.15. The summed E-state index contributed by atoms with van der Waals surface area (Å²) < 4.78 is 90.0. The fraction of sp³-hybridized carbons (Fsp3) is 0. The molecule has 5 aromatic carbocycles. The van der Waals surface area contributed by atoms with E-state index in [9.17, 15) is 84.7 Å². The van der Waals surface area contributed by atoms with Gasteiger partial charge in [0, 0.05) is 15.8 Å². The van der Waals surface area contributed by atoms with Crippen LogP contribution in [0.4, 0.5) is 17.1 Å². The standard InChI is InChI=1S/C34H22ClN3O18S3/c35-25-1-2-26(58(53,54)37-21-8-16(31(43)44)4-17(9-21)32(45)46)24-12-23(57(51,52)36-20-6-14(29(39)40)3-15(7-20)30(41)42)13-27(28(24)25)59(55,56)38-22-10-18(33(47)48)5-19(11-22)34(49)50/h1-13,36-38H,(H,39,40)(H,41,42)(H,43,44)(H,45,46)(H,47,48)(H,49,50). The van der Waals surface area contributed by atoms with Crippen molar-refractivity contribution in [2.45, 2.75) is 14.7 Å². The average molecular weight is 892 g/mol. The Morgan fingerprint density at radius 1 is 0.407 bits per heavy atom. The normalized spacial score (nSPS) is 11.7. The Hall–Kier alpha value is -7.28. The second-order valence-corrected chi connectivity index (χ2v) is 17.3. The summed E-state index contributed by atoms with van der Waals surface area (Å²) in [6, 6.07) is 9.04. The van der Waals surface area contributed by atoms with Gasteiger partial charge in [0.25, 0.3) is 30.1 Å². The average Bonchev–Trinajstić information content (AvgIpc) is 3.13. The first kappa shape index (κ1) is 42.9. The number of halogens is 1. The lowest BCUT2D eigenvalue weighted by Crippen LogP contribution is -2.19. The number of sulfonamides is 3. The van der Waals surface area contributed by atoms with E-state index in [4.69, 9.17) is 11.6 Å². The number of benzene rings is 5. The van der Waals surface area contributed by atoms with Gasteiger partial charge in [0.2, 0.25) is 0 Å².